The SMILES string of the molecule is CCOc1c(C2=CCOCC2)ccc(F)c1[N+](=O)[O-]. The van der Waals surface area contributed by atoms with Crippen LogP contribution in [0.2, 0.25) is 0 Å². The zero-order valence-electron chi connectivity index (χ0n) is 10.5. The Morgan fingerprint density at radius 2 is 2.32 bits per heavy atom. The van der Waals surface area contributed by atoms with Gasteiger partial charge in [-0.1, -0.05) is 6.08 Å². The van der Waals surface area contributed by atoms with Gasteiger partial charge < -0.3 is 9.47 Å². The molecule has 0 spiro atoms. The summed E-state index contributed by atoms with van der Waals surface area (Å²) in [6.45, 7) is 2.94. The first kappa shape index (κ1) is 13.5. The maximum Gasteiger partial charge on any atom is 0.346 e. The Hall–Kier alpha value is -1.95. The second kappa shape index (κ2) is 5.79. The van der Waals surface area contributed by atoms with Crippen molar-refractivity contribution in [3.8, 4) is 5.75 Å². The van der Waals surface area contributed by atoms with Crippen LogP contribution >= 0.6 is 0 Å². The van der Waals surface area contributed by atoms with Crippen LogP contribution in [-0.4, -0.2) is 24.7 Å². The van der Waals surface area contributed by atoms with Gasteiger partial charge in [-0.2, -0.15) is 4.39 Å². The van der Waals surface area contributed by atoms with Gasteiger partial charge in [-0.05, 0) is 31.1 Å². The zero-order chi connectivity index (χ0) is 13.8. The number of nitro groups is 1. The van der Waals surface area contributed by atoms with E-state index >= 15 is 0 Å². The van der Waals surface area contributed by atoms with E-state index in [2.05, 4.69) is 0 Å². The molecule has 0 bridgehead atoms. The van der Waals surface area contributed by atoms with Gasteiger partial charge in [-0.3, -0.25) is 10.1 Å². The fourth-order valence-corrected chi connectivity index (χ4v) is 2.03. The third-order valence-electron chi connectivity index (χ3n) is 2.86. The molecule has 0 atom stereocenters. The molecule has 102 valence electrons. The number of nitro benzene ring substituents is 1. The van der Waals surface area contributed by atoms with Gasteiger partial charge in [0, 0.05) is 5.56 Å². The monoisotopic (exact) mass is 267 g/mol. The average molecular weight is 267 g/mol. The highest BCUT2D eigenvalue weighted by atomic mass is 19.1. The van der Waals surface area contributed by atoms with Crippen LogP contribution in [0.3, 0.4) is 0 Å². The van der Waals surface area contributed by atoms with Crippen LogP contribution in [0.15, 0.2) is 18.2 Å². The van der Waals surface area contributed by atoms with Crippen molar-refractivity contribution in [2.24, 2.45) is 0 Å². The van der Waals surface area contributed by atoms with Gasteiger partial charge in [-0.25, -0.2) is 0 Å². The molecule has 1 aromatic rings. The average Bonchev–Trinajstić information content (AvgIpc) is 2.40. The molecule has 0 unspecified atom stereocenters. The maximum atomic E-state index is 13.6. The van der Waals surface area contributed by atoms with Gasteiger partial charge in [-0.15, -0.1) is 0 Å². The van der Waals surface area contributed by atoms with Crippen molar-refractivity contribution >= 4 is 11.3 Å². The molecule has 0 aromatic heterocycles. The lowest BCUT2D eigenvalue weighted by molar-refractivity contribution is -0.388. The first-order valence-corrected chi connectivity index (χ1v) is 6.02. The van der Waals surface area contributed by atoms with E-state index in [1.807, 2.05) is 6.08 Å². The van der Waals surface area contributed by atoms with Crippen molar-refractivity contribution in [2.75, 3.05) is 19.8 Å². The van der Waals surface area contributed by atoms with E-state index in [4.69, 9.17) is 9.47 Å². The summed E-state index contributed by atoms with van der Waals surface area (Å²) in [5, 5.41) is 11.0. The Balaban J connectivity index is 2.56. The predicted molar refractivity (Wildman–Crippen MR) is 67.6 cm³/mol. The van der Waals surface area contributed by atoms with Crippen LogP contribution in [0, 0.1) is 15.9 Å². The summed E-state index contributed by atoms with van der Waals surface area (Å²) in [5.41, 5.74) is 0.850. The number of rotatable bonds is 4. The topological polar surface area (TPSA) is 61.6 Å². The summed E-state index contributed by atoms with van der Waals surface area (Å²) >= 11 is 0. The summed E-state index contributed by atoms with van der Waals surface area (Å²) in [7, 11) is 0. The third kappa shape index (κ3) is 2.73. The minimum atomic E-state index is -0.884. The van der Waals surface area contributed by atoms with E-state index in [9.17, 15) is 14.5 Å². The minimum absolute atomic E-state index is 0.000602. The Bertz CT molecular complexity index is 528. The van der Waals surface area contributed by atoms with Gasteiger partial charge in [0.15, 0.2) is 0 Å². The van der Waals surface area contributed by atoms with Crippen LogP contribution in [0.4, 0.5) is 10.1 Å². The number of ether oxygens (including phenoxy) is 2. The van der Waals surface area contributed by atoms with Crippen molar-refractivity contribution in [3.05, 3.63) is 39.7 Å². The van der Waals surface area contributed by atoms with E-state index < -0.39 is 16.4 Å². The van der Waals surface area contributed by atoms with Gasteiger partial charge in [0.2, 0.25) is 11.6 Å². The standard InChI is InChI=1S/C13H14FNO4/c1-2-19-13-10(9-5-7-18-8-6-9)3-4-11(14)12(13)15(16)17/h3-5H,2,6-8H2,1H3. The van der Waals surface area contributed by atoms with E-state index in [1.54, 1.807) is 6.92 Å². The molecule has 2 rings (SSSR count). The summed E-state index contributed by atoms with van der Waals surface area (Å²) in [4.78, 5) is 10.2. The third-order valence-corrected chi connectivity index (χ3v) is 2.86. The minimum Gasteiger partial charge on any atom is -0.487 e. The molecule has 0 amide bonds. The van der Waals surface area contributed by atoms with E-state index in [1.165, 1.54) is 6.07 Å². The molecule has 0 saturated heterocycles. The zero-order valence-corrected chi connectivity index (χ0v) is 10.5. The molecule has 0 N–H and O–H groups in total. The normalized spacial score (nSPS) is 14.9. The summed E-state index contributed by atoms with van der Waals surface area (Å²) < 4.78 is 24.1. The molecular formula is C13H14FNO4. The van der Waals surface area contributed by atoms with Crippen LogP contribution in [0.1, 0.15) is 18.9 Å². The Kier molecular flexibility index (Phi) is 4.11. The number of benzene rings is 1. The van der Waals surface area contributed by atoms with Gasteiger partial charge >= 0.3 is 5.69 Å². The highest BCUT2D eigenvalue weighted by molar-refractivity contribution is 5.75. The van der Waals surface area contributed by atoms with Crippen molar-refractivity contribution < 1.29 is 18.8 Å². The molecule has 19 heavy (non-hydrogen) atoms. The second-order valence-electron chi connectivity index (χ2n) is 4.02. The lowest BCUT2D eigenvalue weighted by atomic mass is 9.99. The molecule has 1 aliphatic rings. The Morgan fingerprint density at radius 3 is 2.89 bits per heavy atom. The summed E-state index contributed by atoms with van der Waals surface area (Å²) in [5.74, 6) is -0.884. The number of hydrogen-bond donors (Lipinski definition) is 0. The van der Waals surface area contributed by atoms with Crippen molar-refractivity contribution in [3.63, 3.8) is 0 Å². The quantitative estimate of drug-likeness (QED) is 0.621. The molecule has 6 heteroatoms. The summed E-state index contributed by atoms with van der Waals surface area (Å²) in [6, 6.07) is 2.62. The van der Waals surface area contributed by atoms with E-state index in [0.717, 1.165) is 11.6 Å². The van der Waals surface area contributed by atoms with Crippen LogP contribution in [0.5, 0.6) is 5.75 Å². The van der Waals surface area contributed by atoms with Gasteiger partial charge in [0.05, 0.1) is 24.7 Å². The maximum absolute atomic E-state index is 13.6. The molecule has 1 heterocycles. The van der Waals surface area contributed by atoms with Crippen molar-refractivity contribution in [1.29, 1.82) is 0 Å². The highest BCUT2D eigenvalue weighted by Crippen LogP contribution is 2.38. The lowest BCUT2D eigenvalue weighted by Crippen LogP contribution is -2.07. The Labute approximate surface area is 109 Å². The van der Waals surface area contributed by atoms with Gasteiger partial charge in [0.1, 0.15) is 0 Å². The number of hydrogen-bond acceptors (Lipinski definition) is 4. The molecule has 5 nitrogen and oxygen atoms in total. The Morgan fingerprint density at radius 1 is 1.53 bits per heavy atom. The van der Waals surface area contributed by atoms with Crippen LogP contribution in [0.25, 0.3) is 5.57 Å². The number of halogens is 1. The molecule has 1 aromatic carbocycles. The summed E-state index contributed by atoms with van der Waals surface area (Å²) in [6.07, 6.45) is 2.46. The molecule has 0 aliphatic carbocycles. The van der Waals surface area contributed by atoms with Gasteiger partial charge in [0.25, 0.3) is 0 Å². The molecular weight excluding hydrogens is 253 g/mol. The van der Waals surface area contributed by atoms with Crippen LogP contribution < -0.4 is 4.74 Å². The van der Waals surface area contributed by atoms with E-state index in [-0.39, 0.29) is 12.4 Å². The highest BCUT2D eigenvalue weighted by Gasteiger charge is 2.26. The fraction of sp³-hybridized carbons (Fsp3) is 0.385. The first-order chi connectivity index (χ1) is 9.15. The van der Waals surface area contributed by atoms with Crippen molar-refractivity contribution in [1.82, 2.24) is 0 Å². The fourth-order valence-electron chi connectivity index (χ4n) is 2.03. The molecule has 0 fully saturated rings. The first-order valence-electron chi connectivity index (χ1n) is 6.02. The van der Waals surface area contributed by atoms with Crippen LogP contribution in [-0.2, 0) is 4.74 Å². The molecule has 0 radical (unpaired) electrons. The number of nitrogens with zero attached hydrogens (tertiary/aromatic N) is 1. The predicted octanol–water partition coefficient (Wildman–Crippen LogP) is 2.94. The smallest absolute Gasteiger partial charge is 0.346 e. The largest absolute Gasteiger partial charge is 0.487 e. The molecule has 1 aliphatic heterocycles. The van der Waals surface area contributed by atoms with Crippen molar-refractivity contribution in [2.45, 2.75) is 13.3 Å². The van der Waals surface area contributed by atoms with E-state index in [0.29, 0.717) is 25.2 Å². The second-order valence-corrected chi connectivity index (χ2v) is 4.02. The molecule has 0 saturated carbocycles. The lowest BCUT2D eigenvalue weighted by Gasteiger charge is -2.17.